The summed E-state index contributed by atoms with van der Waals surface area (Å²) in [6.07, 6.45) is 2.32. The Morgan fingerprint density at radius 2 is 1.82 bits per heavy atom. The average molecular weight is 381 g/mol. The smallest absolute Gasteiger partial charge is 0.315 e. The first-order valence-electron chi connectivity index (χ1n) is 9.65. The van der Waals surface area contributed by atoms with Crippen molar-refractivity contribution >= 4 is 11.9 Å². The summed E-state index contributed by atoms with van der Waals surface area (Å²) in [5.74, 6) is 1.03. The molecule has 1 aliphatic rings. The molecule has 0 radical (unpaired) electrons. The first-order valence-corrected chi connectivity index (χ1v) is 9.65. The number of amides is 3. The number of rotatable bonds is 8. The van der Waals surface area contributed by atoms with E-state index in [-0.39, 0.29) is 11.9 Å². The minimum Gasteiger partial charge on any atom is -0.497 e. The van der Waals surface area contributed by atoms with E-state index in [0.29, 0.717) is 26.1 Å². The zero-order valence-corrected chi connectivity index (χ0v) is 16.2. The first kappa shape index (κ1) is 19.7. The second kappa shape index (κ2) is 9.78. The second-order valence-corrected chi connectivity index (χ2v) is 6.90. The molecule has 1 fully saturated rings. The molecule has 0 aliphatic carbocycles. The van der Waals surface area contributed by atoms with E-state index >= 15 is 0 Å². The van der Waals surface area contributed by atoms with Gasteiger partial charge in [-0.15, -0.1) is 0 Å². The molecular formula is C22H27N3O3. The number of nitrogens with zero attached hydrogens (tertiary/aromatic N) is 1. The highest BCUT2D eigenvalue weighted by Gasteiger charge is 2.20. The van der Waals surface area contributed by atoms with Crippen molar-refractivity contribution < 1.29 is 14.3 Å². The van der Waals surface area contributed by atoms with Gasteiger partial charge in [-0.1, -0.05) is 36.4 Å². The van der Waals surface area contributed by atoms with Crippen molar-refractivity contribution in [3.8, 4) is 5.75 Å². The van der Waals surface area contributed by atoms with Gasteiger partial charge in [-0.25, -0.2) is 4.79 Å². The zero-order valence-electron chi connectivity index (χ0n) is 16.2. The molecule has 0 spiro atoms. The fourth-order valence-electron chi connectivity index (χ4n) is 3.31. The van der Waals surface area contributed by atoms with Gasteiger partial charge < -0.3 is 20.3 Å². The zero-order chi connectivity index (χ0) is 19.8. The van der Waals surface area contributed by atoms with Crippen LogP contribution in [0.4, 0.5) is 4.79 Å². The van der Waals surface area contributed by atoms with Gasteiger partial charge in [-0.3, -0.25) is 4.79 Å². The van der Waals surface area contributed by atoms with Gasteiger partial charge in [-0.05, 0) is 41.7 Å². The third-order valence-electron chi connectivity index (χ3n) is 4.95. The SMILES string of the molecule is COc1ccc(CCNC(=O)NCc2ccccc2CN2CCCC2=O)cc1. The molecule has 6 nitrogen and oxygen atoms in total. The van der Waals surface area contributed by atoms with Crippen LogP contribution in [0.3, 0.4) is 0 Å². The third-order valence-corrected chi connectivity index (χ3v) is 4.95. The normalized spacial score (nSPS) is 13.5. The van der Waals surface area contributed by atoms with Gasteiger partial charge in [0.1, 0.15) is 5.75 Å². The summed E-state index contributed by atoms with van der Waals surface area (Å²) >= 11 is 0. The van der Waals surface area contributed by atoms with Gasteiger partial charge >= 0.3 is 6.03 Å². The number of hydrogen-bond donors (Lipinski definition) is 2. The standard InChI is InChI=1S/C22H27N3O3/c1-28-20-10-8-17(9-11-20)12-13-23-22(27)24-15-18-5-2-3-6-19(18)16-25-14-4-7-21(25)26/h2-3,5-6,8-11H,4,7,12-16H2,1H3,(H2,23,24,27). The predicted octanol–water partition coefficient (Wildman–Crippen LogP) is 2.86. The van der Waals surface area contributed by atoms with E-state index in [1.807, 2.05) is 53.4 Å². The highest BCUT2D eigenvalue weighted by atomic mass is 16.5. The number of benzene rings is 2. The summed E-state index contributed by atoms with van der Waals surface area (Å²) in [4.78, 5) is 25.9. The van der Waals surface area contributed by atoms with Crippen LogP contribution in [0.5, 0.6) is 5.75 Å². The molecule has 1 saturated heterocycles. The molecule has 3 rings (SSSR count). The van der Waals surface area contributed by atoms with Crippen LogP contribution in [0.15, 0.2) is 48.5 Å². The van der Waals surface area contributed by atoms with Crippen molar-refractivity contribution in [2.45, 2.75) is 32.4 Å². The summed E-state index contributed by atoms with van der Waals surface area (Å²) in [5, 5.41) is 5.79. The van der Waals surface area contributed by atoms with Crippen LogP contribution in [-0.4, -0.2) is 37.0 Å². The largest absolute Gasteiger partial charge is 0.497 e. The van der Waals surface area contributed by atoms with Crippen molar-refractivity contribution in [2.24, 2.45) is 0 Å². The van der Waals surface area contributed by atoms with Crippen LogP contribution in [0.1, 0.15) is 29.5 Å². The van der Waals surface area contributed by atoms with Crippen molar-refractivity contribution in [3.63, 3.8) is 0 Å². The summed E-state index contributed by atoms with van der Waals surface area (Å²) in [6, 6.07) is 15.6. The molecule has 0 bridgehead atoms. The summed E-state index contributed by atoms with van der Waals surface area (Å²) in [6.45, 7) is 2.41. The molecule has 2 aromatic carbocycles. The molecule has 2 N–H and O–H groups in total. The number of nitrogens with one attached hydrogen (secondary N) is 2. The molecule has 1 heterocycles. The minimum absolute atomic E-state index is 0.194. The van der Waals surface area contributed by atoms with Crippen LogP contribution >= 0.6 is 0 Å². The average Bonchev–Trinajstić information content (AvgIpc) is 3.12. The fourth-order valence-corrected chi connectivity index (χ4v) is 3.31. The van der Waals surface area contributed by atoms with E-state index in [0.717, 1.165) is 41.8 Å². The topological polar surface area (TPSA) is 70.7 Å². The van der Waals surface area contributed by atoms with Crippen LogP contribution in [0.25, 0.3) is 0 Å². The fraction of sp³-hybridized carbons (Fsp3) is 0.364. The maximum atomic E-state index is 12.1. The summed E-state index contributed by atoms with van der Waals surface area (Å²) in [5.41, 5.74) is 3.26. The van der Waals surface area contributed by atoms with Crippen LogP contribution in [0, 0.1) is 0 Å². The number of methoxy groups -OCH3 is 1. The number of likely N-dealkylation sites (tertiary alicyclic amines) is 1. The highest BCUT2D eigenvalue weighted by Crippen LogP contribution is 2.17. The first-order chi connectivity index (χ1) is 13.7. The number of carbonyl (C=O) groups excluding carboxylic acids is 2. The number of ether oxygens (including phenoxy) is 1. The Balaban J connectivity index is 1.44. The van der Waals surface area contributed by atoms with Gasteiger partial charge in [0, 0.05) is 32.6 Å². The molecule has 28 heavy (non-hydrogen) atoms. The summed E-state index contributed by atoms with van der Waals surface area (Å²) in [7, 11) is 1.64. The van der Waals surface area contributed by atoms with E-state index in [1.165, 1.54) is 0 Å². The Labute approximate surface area is 165 Å². The van der Waals surface area contributed by atoms with Crippen LogP contribution in [0.2, 0.25) is 0 Å². The molecule has 1 aliphatic heterocycles. The lowest BCUT2D eigenvalue weighted by atomic mass is 10.1. The van der Waals surface area contributed by atoms with Crippen molar-refractivity contribution in [1.29, 1.82) is 0 Å². The molecular weight excluding hydrogens is 354 g/mol. The van der Waals surface area contributed by atoms with E-state index in [4.69, 9.17) is 4.74 Å². The van der Waals surface area contributed by atoms with Crippen LogP contribution in [-0.2, 0) is 24.3 Å². The molecule has 3 amide bonds. The summed E-state index contributed by atoms with van der Waals surface area (Å²) < 4.78 is 5.14. The monoisotopic (exact) mass is 381 g/mol. The lowest BCUT2D eigenvalue weighted by Gasteiger charge is -2.18. The predicted molar refractivity (Wildman–Crippen MR) is 108 cm³/mol. The number of carbonyl (C=O) groups is 2. The number of hydrogen-bond acceptors (Lipinski definition) is 3. The molecule has 0 saturated carbocycles. The lowest BCUT2D eigenvalue weighted by molar-refractivity contribution is -0.128. The minimum atomic E-state index is -0.194. The second-order valence-electron chi connectivity index (χ2n) is 6.90. The molecule has 0 atom stereocenters. The van der Waals surface area contributed by atoms with Gasteiger partial charge in [-0.2, -0.15) is 0 Å². The van der Waals surface area contributed by atoms with E-state index in [1.54, 1.807) is 7.11 Å². The molecule has 0 unspecified atom stereocenters. The Hall–Kier alpha value is -3.02. The van der Waals surface area contributed by atoms with E-state index in [2.05, 4.69) is 10.6 Å². The van der Waals surface area contributed by atoms with E-state index in [9.17, 15) is 9.59 Å². The van der Waals surface area contributed by atoms with Gasteiger partial charge in [0.2, 0.25) is 5.91 Å². The van der Waals surface area contributed by atoms with Crippen molar-refractivity contribution in [3.05, 3.63) is 65.2 Å². The molecule has 2 aromatic rings. The third kappa shape index (κ3) is 5.49. The van der Waals surface area contributed by atoms with E-state index < -0.39 is 0 Å². The van der Waals surface area contributed by atoms with Crippen molar-refractivity contribution in [2.75, 3.05) is 20.2 Å². The Morgan fingerprint density at radius 3 is 2.50 bits per heavy atom. The maximum Gasteiger partial charge on any atom is 0.315 e. The van der Waals surface area contributed by atoms with Gasteiger partial charge in [0.25, 0.3) is 0 Å². The Kier molecular flexibility index (Phi) is 6.89. The van der Waals surface area contributed by atoms with Gasteiger partial charge in [0.05, 0.1) is 7.11 Å². The Morgan fingerprint density at radius 1 is 1.07 bits per heavy atom. The van der Waals surface area contributed by atoms with Crippen molar-refractivity contribution in [1.82, 2.24) is 15.5 Å². The van der Waals surface area contributed by atoms with Gasteiger partial charge in [0.15, 0.2) is 0 Å². The molecule has 0 aromatic heterocycles. The Bertz CT molecular complexity index is 805. The molecule has 6 heteroatoms. The van der Waals surface area contributed by atoms with Crippen LogP contribution < -0.4 is 15.4 Å². The lowest BCUT2D eigenvalue weighted by Crippen LogP contribution is -2.36. The number of urea groups is 1. The highest BCUT2D eigenvalue weighted by molar-refractivity contribution is 5.78. The quantitative estimate of drug-likeness (QED) is 0.739. The molecule has 148 valence electrons. The maximum absolute atomic E-state index is 12.1.